The molecule has 0 saturated carbocycles. The highest BCUT2D eigenvalue weighted by atomic mass is 16.6. The van der Waals surface area contributed by atoms with E-state index in [-0.39, 0.29) is 12.5 Å². The normalized spacial score (nSPS) is 35.2. The van der Waals surface area contributed by atoms with E-state index in [1.807, 2.05) is 32.1 Å². The van der Waals surface area contributed by atoms with Crippen molar-refractivity contribution in [2.45, 2.75) is 26.3 Å². The first-order valence-corrected chi connectivity index (χ1v) is 4.78. The van der Waals surface area contributed by atoms with Crippen molar-refractivity contribution in [1.82, 2.24) is 0 Å². The Morgan fingerprint density at radius 2 is 2.15 bits per heavy atom. The molecule has 0 spiro atoms. The summed E-state index contributed by atoms with van der Waals surface area (Å²) < 4.78 is 10.7. The number of hydrogen-bond donors (Lipinski definition) is 1. The zero-order valence-corrected chi connectivity index (χ0v) is 8.49. The number of fused-ring (bicyclic) bond motifs is 1. The Balaban J connectivity index is 0.000000396. The zero-order valence-electron chi connectivity index (χ0n) is 8.49. The number of allylic oxidation sites excluding steroid dienone is 2. The fourth-order valence-electron chi connectivity index (χ4n) is 1.47. The molecule has 0 radical (unpaired) electrons. The number of hydrogen-bond acceptors (Lipinski definition) is 2. The molecule has 13 heavy (non-hydrogen) atoms. The average molecular weight is 184 g/mol. The van der Waals surface area contributed by atoms with Crippen molar-refractivity contribution in [1.29, 1.82) is 0 Å². The first-order chi connectivity index (χ1) is 6.42. The standard InChI is InChI=1S/C8H11NO2.C2H6/c1-10-8-6-11-7-4-2-3-5-9(7)8;1-2/h2-5,7-8H,6H2,1H3;1-2H3/p+1. The van der Waals surface area contributed by atoms with Crippen LogP contribution in [0.2, 0.25) is 0 Å². The van der Waals surface area contributed by atoms with Crippen LogP contribution in [0.3, 0.4) is 0 Å². The first kappa shape index (κ1) is 10.4. The highest BCUT2D eigenvalue weighted by Gasteiger charge is 2.36. The lowest BCUT2D eigenvalue weighted by Crippen LogP contribution is -3.13. The molecule has 0 bridgehead atoms. The van der Waals surface area contributed by atoms with Crippen molar-refractivity contribution < 1.29 is 14.4 Å². The second-order valence-electron chi connectivity index (χ2n) is 2.72. The molecule has 1 saturated heterocycles. The number of ether oxygens (including phenoxy) is 2. The Bertz CT molecular complexity index is 201. The van der Waals surface area contributed by atoms with Crippen LogP contribution in [0.4, 0.5) is 0 Å². The molecular formula is C10H18NO2+. The Labute approximate surface area is 79.6 Å². The Hall–Kier alpha value is -0.640. The summed E-state index contributed by atoms with van der Waals surface area (Å²) in [5, 5.41) is 0. The quantitative estimate of drug-likeness (QED) is 0.634. The van der Waals surface area contributed by atoms with E-state index in [0.717, 1.165) is 0 Å². The molecule has 0 aromatic carbocycles. The van der Waals surface area contributed by atoms with E-state index in [1.54, 1.807) is 7.11 Å². The predicted molar refractivity (Wildman–Crippen MR) is 51.1 cm³/mol. The molecule has 3 nitrogen and oxygen atoms in total. The Morgan fingerprint density at radius 3 is 2.85 bits per heavy atom. The van der Waals surface area contributed by atoms with Gasteiger partial charge in [0.25, 0.3) is 0 Å². The van der Waals surface area contributed by atoms with E-state index in [4.69, 9.17) is 9.47 Å². The summed E-state index contributed by atoms with van der Waals surface area (Å²) in [6, 6.07) is 0. The number of rotatable bonds is 1. The molecule has 1 fully saturated rings. The maximum absolute atomic E-state index is 5.46. The molecule has 1 N–H and O–H groups in total. The van der Waals surface area contributed by atoms with Crippen LogP contribution in [0.1, 0.15) is 13.8 Å². The molecule has 3 atom stereocenters. The van der Waals surface area contributed by atoms with E-state index in [1.165, 1.54) is 4.90 Å². The number of methoxy groups -OCH3 is 1. The molecule has 3 heteroatoms. The van der Waals surface area contributed by atoms with Gasteiger partial charge in [0.15, 0.2) is 0 Å². The zero-order chi connectivity index (χ0) is 9.68. The summed E-state index contributed by atoms with van der Waals surface area (Å²) in [7, 11) is 1.72. The van der Waals surface area contributed by atoms with Gasteiger partial charge >= 0.3 is 0 Å². The molecule has 0 aromatic heterocycles. The van der Waals surface area contributed by atoms with Crippen LogP contribution >= 0.6 is 0 Å². The molecule has 2 aliphatic rings. The third kappa shape index (κ3) is 2.18. The van der Waals surface area contributed by atoms with Gasteiger partial charge in [-0.2, -0.15) is 0 Å². The minimum absolute atomic E-state index is 0.168. The molecule has 74 valence electrons. The van der Waals surface area contributed by atoms with Crippen molar-refractivity contribution in [2.24, 2.45) is 0 Å². The lowest BCUT2D eigenvalue weighted by Gasteiger charge is -2.18. The van der Waals surface area contributed by atoms with Crippen molar-refractivity contribution in [2.75, 3.05) is 13.7 Å². The fraction of sp³-hybridized carbons (Fsp3) is 0.600. The van der Waals surface area contributed by atoms with Gasteiger partial charge < -0.3 is 9.47 Å². The van der Waals surface area contributed by atoms with Crippen molar-refractivity contribution in [3.8, 4) is 0 Å². The molecule has 2 rings (SSSR count). The van der Waals surface area contributed by atoms with Gasteiger partial charge in [0, 0.05) is 13.2 Å². The summed E-state index contributed by atoms with van der Waals surface area (Å²) in [5.74, 6) is 0. The smallest absolute Gasteiger partial charge is 0.222 e. The molecule has 0 aromatic rings. The largest absolute Gasteiger partial charge is 0.330 e. The summed E-state index contributed by atoms with van der Waals surface area (Å²) in [4.78, 5) is 1.25. The third-order valence-electron chi connectivity index (χ3n) is 2.10. The van der Waals surface area contributed by atoms with Crippen LogP contribution < -0.4 is 4.90 Å². The minimum atomic E-state index is 0.168. The van der Waals surface area contributed by atoms with Crippen LogP contribution in [0.25, 0.3) is 0 Å². The molecule has 2 heterocycles. The van der Waals surface area contributed by atoms with Crippen molar-refractivity contribution in [3.63, 3.8) is 0 Å². The van der Waals surface area contributed by atoms with E-state index < -0.39 is 0 Å². The van der Waals surface area contributed by atoms with E-state index in [2.05, 4.69) is 6.20 Å². The second kappa shape index (κ2) is 5.17. The van der Waals surface area contributed by atoms with Gasteiger partial charge in [-0.15, -0.1) is 0 Å². The van der Waals surface area contributed by atoms with Crippen LogP contribution in [-0.4, -0.2) is 26.2 Å². The van der Waals surface area contributed by atoms with Gasteiger partial charge in [0.2, 0.25) is 12.5 Å². The maximum atomic E-state index is 5.46. The Morgan fingerprint density at radius 1 is 1.38 bits per heavy atom. The molecule has 2 aliphatic heterocycles. The predicted octanol–water partition coefficient (Wildman–Crippen LogP) is 0.310. The van der Waals surface area contributed by atoms with Crippen LogP contribution in [0.15, 0.2) is 24.4 Å². The molecular weight excluding hydrogens is 166 g/mol. The molecule has 0 aliphatic carbocycles. The molecule has 0 amide bonds. The topological polar surface area (TPSA) is 22.9 Å². The summed E-state index contributed by atoms with van der Waals surface area (Å²) in [6.07, 6.45) is 8.49. The molecule has 3 unspecified atom stereocenters. The summed E-state index contributed by atoms with van der Waals surface area (Å²) >= 11 is 0. The van der Waals surface area contributed by atoms with Gasteiger partial charge in [-0.1, -0.05) is 19.9 Å². The lowest BCUT2D eigenvalue weighted by molar-refractivity contribution is -0.911. The second-order valence-corrected chi connectivity index (χ2v) is 2.72. The van der Waals surface area contributed by atoms with E-state index >= 15 is 0 Å². The van der Waals surface area contributed by atoms with Gasteiger partial charge in [-0.25, -0.2) is 0 Å². The number of quaternary nitrogens is 1. The van der Waals surface area contributed by atoms with Crippen molar-refractivity contribution >= 4 is 0 Å². The van der Waals surface area contributed by atoms with Crippen LogP contribution in [0, 0.1) is 0 Å². The van der Waals surface area contributed by atoms with Crippen LogP contribution in [-0.2, 0) is 9.47 Å². The number of nitrogens with one attached hydrogen (secondary N) is 1. The van der Waals surface area contributed by atoms with Crippen molar-refractivity contribution in [3.05, 3.63) is 24.4 Å². The summed E-state index contributed by atoms with van der Waals surface area (Å²) in [6.45, 7) is 4.69. The lowest BCUT2D eigenvalue weighted by atomic mass is 10.3. The monoisotopic (exact) mass is 184 g/mol. The van der Waals surface area contributed by atoms with E-state index in [9.17, 15) is 0 Å². The highest BCUT2D eigenvalue weighted by Crippen LogP contribution is 2.01. The van der Waals surface area contributed by atoms with Gasteiger partial charge in [0.05, 0.1) is 6.20 Å². The highest BCUT2D eigenvalue weighted by molar-refractivity contribution is 5.04. The Kier molecular flexibility index (Phi) is 4.15. The first-order valence-electron chi connectivity index (χ1n) is 4.78. The van der Waals surface area contributed by atoms with Gasteiger partial charge in [-0.3, -0.25) is 4.90 Å². The van der Waals surface area contributed by atoms with Gasteiger partial charge in [0.1, 0.15) is 6.61 Å². The fourth-order valence-corrected chi connectivity index (χ4v) is 1.47. The third-order valence-corrected chi connectivity index (χ3v) is 2.10. The maximum Gasteiger partial charge on any atom is 0.222 e. The minimum Gasteiger partial charge on any atom is -0.330 e. The summed E-state index contributed by atoms with van der Waals surface area (Å²) in [5.41, 5.74) is 0. The average Bonchev–Trinajstić information content (AvgIpc) is 2.64. The van der Waals surface area contributed by atoms with Crippen LogP contribution in [0.5, 0.6) is 0 Å². The van der Waals surface area contributed by atoms with Gasteiger partial charge in [-0.05, 0) is 6.08 Å². The SMILES string of the molecule is CC.COC1COC2C=CC=C[NH+]21. The van der Waals surface area contributed by atoms with E-state index in [0.29, 0.717) is 6.61 Å².